The van der Waals surface area contributed by atoms with Crippen LogP contribution in [0.15, 0.2) is 18.2 Å². The number of hydrogen-bond acceptors (Lipinski definition) is 2. The van der Waals surface area contributed by atoms with Gasteiger partial charge in [-0.25, -0.2) is 0 Å². The van der Waals surface area contributed by atoms with Crippen LogP contribution in [0, 0.1) is 0 Å². The van der Waals surface area contributed by atoms with Crippen molar-refractivity contribution in [2.75, 3.05) is 0 Å². The van der Waals surface area contributed by atoms with E-state index in [2.05, 4.69) is 18.9 Å². The molecule has 2 rings (SSSR count). The van der Waals surface area contributed by atoms with E-state index in [0.717, 1.165) is 30.0 Å². The van der Waals surface area contributed by atoms with E-state index in [1.54, 1.807) is 18.2 Å². The maximum Gasteiger partial charge on any atom is 0.171 e. The van der Waals surface area contributed by atoms with Gasteiger partial charge in [-0.15, -0.1) is 0 Å². The van der Waals surface area contributed by atoms with E-state index in [-0.39, 0.29) is 0 Å². The second-order valence-electron chi connectivity index (χ2n) is 4.26. The molecule has 1 aromatic heterocycles. The Morgan fingerprint density at radius 1 is 1.11 bits per heavy atom. The second kappa shape index (κ2) is 5.85. The van der Waals surface area contributed by atoms with E-state index in [0.29, 0.717) is 15.8 Å². The SMILES string of the molecule is CCc1nn(C)c(CC)c1Oc1cc(Cl)cc(Cl)c1. The standard InChI is InChI=1S/C14H16Cl2N2O/c1-4-12-14(13(5-2)18(3)17-12)19-11-7-9(15)6-10(16)8-11/h6-8H,4-5H2,1-3H3. The van der Waals surface area contributed by atoms with Crippen LogP contribution < -0.4 is 4.74 Å². The predicted octanol–water partition coefficient (Wildman–Crippen LogP) is 4.64. The highest BCUT2D eigenvalue weighted by atomic mass is 35.5. The molecule has 1 aromatic carbocycles. The molecule has 0 spiro atoms. The van der Waals surface area contributed by atoms with Gasteiger partial charge < -0.3 is 4.74 Å². The monoisotopic (exact) mass is 298 g/mol. The maximum atomic E-state index is 5.98. The summed E-state index contributed by atoms with van der Waals surface area (Å²) in [5.41, 5.74) is 2.00. The van der Waals surface area contributed by atoms with E-state index in [1.807, 2.05) is 11.7 Å². The molecule has 19 heavy (non-hydrogen) atoms. The topological polar surface area (TPSA) is 27.1 Å². The molecule has 3 nitrogen and oxygen atoms in total. The summed E-state index contributed by atoms with van der Waals surface area (Å²) in [4.78, 5) is 0. The summed E-state index contributed by atoms with van der Waals surface area (Å²) >= 11 is 12.0. The number of hydrogen-bond donors (Lipinski definition) is 0. The van der Waals surface area contributed by atoms with Crippen molar-refractivity contribution in [1.29, 1.82) is 0 Å². The summed E-state index contributed by atoms with van der Waals surface area (Å²) in [5.74, 6) is 1.45. The van der Waals surface area contributed by atoms with Crippen LogP contribution in [0.4, 0.5) is 0 Å². The second-order valence-corrected chi connectivity index (χ2v) is 5.13. The summed E-state index contributed by atoms with van der Waals surface area (Å²) < 4.78 is 7.81. The van der Waals surface area contributed by atoms with Crippen LogP contribution in [0.1, 0.15) is 25.2 Å². The number of rotatable bonds is 4. The minimum absolute atomic E-state index is 0.558. The molecule has 0 saturated heterocycles. The van der Waals surface area contributed by atoms with Gasteiger partial charge in [0.15, 0.2) is 5.75 Å². The minimum Gasteiger partial charge on any atom is -0.453 e. The van der Waals surface area contributed by atoms with Gasteiger partial charge in [0.25, 0.3) is 0 Å². The van der Waals surface area contributed by atoms with Crippen LogP contribution in [0.3, 0.4) is 0 Å². The van der Waals surface area contributed by atoms with Gasteiger partial charge in [-0.2, -0.15) is 5.10 Å². The Morgan fingerprint density at radius 3 is 2.26 bits per heavy atom. The smallest absolute Gasteiger partial charge is 0.171 e. The molecule has 5 heteroatoms. The third kappa shape index (κ3) is 3.04. The molecule has 0 aliphatic rings. The van der Waals surface area contributed by atoms with Crippen molar-refractivity contribution in [2.24, 2.45) is 7.05 Å². The van der Waals surface area contributed by atoms with Gasteiger partial charge in [0.05, 0.1) is 5.69 Å². The third-order valence-corrected chi connectivity index (χ3v) is 3.35. The molecule has 0 saturated carbocycles. The first-order valence-electron chi connectivity index (χ1n) is 6.23. The van der Waals surface area contributed by atoms with E-state index >= 15 is 0 Å². The Morgan fingerprint density at radius 2 is 1.74 bits per heavy atom. The summed E-state index contributed by atoms with van der Waals surface area (Å²) in [6.07, 6.45) is 1.67. The minimum atomic E-state index is 0.558. The predicted molar refractivity (Wildman–Crippen MR) is 78.5 cm³/mol. The van der Waals surface area contributed by atoms with Crippen molar-refractivity contribution in [2.45, 2.75) is 26.7 Å². The highest BCUT2D eigenvalue weighted by molar-refractivity contribution is 6.34. The van der Waals surface area contributed by atoms with Crippen LogP contribution in [-0.2, 0) is 19.9 Å². The number of aromatic nitrogens is 2. The quantitative estimate of drug-likeness (QED) is 0.822. The molecule has 2 aromatic rings. The van der Waals surface area contributed by atoms with E-state index in [9.17, 15) is 0 Å². The van der Waals surface area contributed by atoms with E-state index in [1.165, 1.54) is 0 Å². The summed E-state index contributed by atoms with van der Waals surface area (Å²) in [5, 5.41) is 5.58. The van der Waals surface area contributed by atoms with Crippen LogP contribution in [-0.4, -0.2) is 9.78 Å². The first-order chi connectivity index (χ1) is 9.05. The van der Waals surface area contributed by atoms with Gasteiger partial charge in [0.1, 0.15) is 11.4 Å². The average Bonchev–Trinajstić information content (AvgIpc) is 2.63. The number of nitrogens with zero attached hydrogens (tertiary/aromatic N) is 2. The van der Waals surface area contributed by atoms with Gasteiger partial charge in [0, 0.05) is 17.1 Å². The lowest BCUT2D eigenvalue weighted by Crippen LogP contribution is -1.97. The summed E-state index contributed by atoms with van der Waals surface area (Å²) in [7, 11) is 1.93. The molecular weight excluding hydrogens is 283 g/mol. The molecule has 0 atom stereocenters. The normalized spacial score (nSPS) is 10.8. The number of benzene rings is 1. The van der Waals surface area contributed by atoms with Gasteiger partial charge in [-0.1, -0.05) is 37.0 Å². The molecular formula is C14H16Cl2N2O. The van der Waals surface area contributed by atoms with Crippen molar-refractivity contribution in [3.8, 4) is 11.5 Å². The summed E-state index contributed by atoms with van der Waals surface area (Å²) in [6.45, 7) is 4.13. The Kier molecular flexibility index (Phi) is 4.38. The number of aryl methyl sites for hydroxylation is 2. The van der Waals surface area contributed by atoms with E-state index < -0.39 is 0 Å². The Hall–Kier alpha value is -1.19. The molecule has 0 radical (unpaired) electrons. The zero-order valence-electron chi connectivity index (χ0n) is 11.2. The van der Waals surface area contributed by atoms with Crippen LogP contribution in [0.5, 0.6) is 11.5 Å². The fourth-order valence-corrected chi connectivity index (χ4v) is 2.55. The zero-order chi connectivity index (χ0) is 14.0. The molecule has 102 valence electrons. The van der Waals surface area contributed by atoms with Gasteiger partial charge in [0.2, 0.25) is 0 Å². The third-order valence-electron chi connectivity index (χ3n) is 2.91. The van der Waals surface area contributed by atoms with Crippen LogP contribution >= 0.6 is 23.2 Å². The Balaban J connectivity index is 2.42. The Labute approximate surface area is 123 Å². The average molecular weight is 299 g/mol. The first kappa shape index (κ1) is 14.2. The van der Waals surface area contributed by atoms with Gasteiger partial charge >= 0.3 is 0 Å². The molecule has 0 N–H and O–H groups in total. The molecule has 1 heterocycles. The molecule has 0 aliphatic heterocycles. The molecule has 0 fully saturated rings. The van der Waals surface area contributed by atoms with Crippen LogP contribution in [0.25, 0.3) is 0 Å². The fourth-order valence-electron chi connectivity index (χ4n) is 2.04. The fraction of sp³-hybridized carbons (Fsp3) is 0.357. The van der Waals surface area contributed by atoms with Crippen molar-refractivity contribution in [1.82, 2.24) is 9.78 Å². The van der Waals surface area contributed by atoms with E-state index in [4.69, 9.17) is 27.9 Å². The molecule has 0 aliphatic carbocycles. The summed E-state index contributed by atoms with van der Waals surface area (Å²) in [6, 6.07) is 5.18. The van der Waals surface area contributed by atoms with Crippen molar-refractivity contribution >= 4 is 23.2 Å². The largest absolute Gasteiger partial charge is 0.453 e. The zero-order valence-corrected chi connectivity index (χ0v) is 12.7. The van der Waals surface area contributed by atoms with Crippen molar-refractivity contribution in [3.63, 3.8) is 0 Å². The van der Waals surface area contributed by atoms with Crippen molar-refractivity contribution in [3.05, 3.63) is 39.6 Å². The maximum absolute atomic E-state index is 5.98. The molecule has 0 bridgehead atoms. The van der Waals surface area contributed by atoms with Gasteiger partial charge in [-0.3, -0.25) is 4.68 Å². The van der Waals surface area contributed by atoms with Crippen molar-refractivity contribution < 1.29 is 4.74 Å². The lowest BCUT2D eigenvalue weighted by Gasteiger charge is -2.08. The highest BCUT2D eigenvalue weighted by Gasteiger charge is 2.16. The molecule has 0 unspecified atom stereocenters. The number of halogens is 2. The first-order valence-corrected chi connectivity index (χ1v) is 6.99. The lowest BCUT2D eigenvalue weighted by atomic mass is 10.2. The molecule has 0 amide bonds. The Bertz CT molecular complexity index is 573. The van der Waals surface area contributed by atoms with Crippen LogP contribution in [0.2, 0.25) is 10.0 Å². The number of ether oxygens (including phenoxy) is 1. The highest BCUT2D eigenvalue weighted by Crippen LogP contribution is 2.32. The van der Waals surface area contributed by atoms with Gasteiger partial charge in [-0.05, 0) is 31.0 Å². The lowest BCUT2D eigenvalue weighted by molar-refractivity contribution is 0.470.